The topological polar surface area (TPSA) is 55.2 Å². The van der Waals surface area contributed by atoms with Crippen LogP contribution in [0.5, 0.6) is 0 Å². The van der Waals surface area contributed by atoms with Crippen LogP contribution in [-0.2, 0) is 6.54 Å². The van der Waals surface area contributed by atoms with Crippen molar-refractivity contribution in [1.29, 1.82) is 0 Å². The lowest BCUT2D eigenvalue weighted by Crippen LogP contribution is -2.00. The minimum atomic E-state index is -0.355. The molecule has 0 spiro atoms. The van der Waals surface area contributed by atoms with Crippen molar-refractivity contribution in [2.24, 2.45) is 0 Å². The first kappa shape index (κ1) is 13.1. The molecule has 0 aromatic heterocycles. The van der Waals surface area contributed by atoms with E-state index < -0.39 is 0 Å². The first-order chi connectivity index (χ1) is 9.06. The van der Waals surface area contributed by atoms with Gasteiger partial charge in [-0.1, -0.05) is 35.9 Å². The third-order valence-corrected chi connectivity index (χ3v) is 3.02. The zero-order valence-corrected chi connectivity index (χ0v) is 11.0. The predicted octanol–water partition coefficient (Wildman–Crippen LogP) is 3.82. The Labute approximate surface area is 112 Å². The molecular formula is C15H16N2O2. The summed E-state index contributed by atoms with van der Waals surface area (Å²) in [7, 11) is 0. The van der Waals surface area contributed by atoms with Crippen LogP contribution in [0.2, 0.25) is 0 Å². The highest BCUT2D eigenvalue weighted by Gasteiger charge is 2.10. The smallest absolute Gasteiger partial charge is 0.274 e. The number of nitro benzene ring substituents is 1. The monoisotopic (exact) mass is 256 g/mol. The van der Waals surface area contributed by atoms with Gasteiger partial charge in [0, 0.05) is 23.9 Å². The van der Waals surface area contributed by atoms with Crippen LogP contribution in [0.15, 0.2) is 42.5 Å². The summed E-state index contributed by atoms with van der Waals surface area (Å²) in [6.45, 7) is 4.43. The molecule has 0 saturated heterocycles. The van der Waals surface area contributed by atoms with Crippen molar-refractivity contribution in [3.8, 4) is 0 Å². The molecule has 0 saturated carbocycles. The van der Waals surface area contributed by atoms with Gasteiger partial charge in [0.25, 0.3) is 5.69 Å². The minimum Gasteiger partial charge on any atom is -0.381 e. The molecular weight excluding hydrogens is 240 g/mol. The van der Waals surface area contributed by atoms with E-state index in [0.29, 0.717) is 12.1 Å². The van der Waals surface area contributed by atoms with Gasteiger partial charge in [-0.25, -0.2) is 0 Å². The SMILES string of the molecule is Cc1ccc(CNc2ccc(C)c([N+](=O)[O-])c2)cc1. The highest BCUT2D eigenvalue weighted by Crippen LogP contribution is 2.22. The molecule has 2 aromatic rings. The van der Waals surface area contributed by atoms with Crippen molar-refractivity contribution in [2.45, 2.75) is 20.4 Å². The first-order valence-corrected chi connectivity index (χ1v) is 6.11. The Morgan fingerprint density at radius 3 is 2.42 bits per heavy atom. The fourth-order valence-electron chi connectivity index (χ4n) is 1.83. The molecule has 0 heterocycles. The minimum absolute atomic E-state index is 0.147. The summed E-state index contributed by atoms with van der Waals surface area (Å²) in [6, 6.07) is 13.4. The van der Waals surface area contributed by atoms with Crippen molar-refractivity contribution in [2.75, 3.05) is 5.32 Å². The predicted molar refractivity (Wildman–Crippen MR) is 76.3 cm³/mol. The number of benzene rings is 2. The van der Waals surface area contributed by atoms with E-state index in [1.807, 2.05) is 25.1 Å². The van der Waals surface area contributed by atoms with Crippen LogP contribution >= 0.6 is 0 Å². The Kier molecular flexibility index (Phi) is 3.80. The largest absolute Gasteiger partial charge is 0.381 e. The zero-order chi connectivity index (χ0) is 13.8. The van der Waals surface area contributed by atoms with Gasteiger partial charge in [-0.05, 0) is 25.5 Å². The summed E-state index contributed by atoms with van der Waals surface area (Å²) in [6.07, 6.45) is 0. The molecule has 0 radical (unpaired) electrons. The number of nitro groups is 1. The maximum Gasteiger partial charge on any atom is 0.274 e. The van der Waals surface area contributed by atoms with Crippen LogP contribution in [0.1, 0.15) is 16.7 Å². The van der Waals surface area contributed by atoms with E-state index in [4.69, 9.17) is 0 Å². The molecule has 2 aromatic carbocycles. The van der Waals surface area contributed by atoms with E-state index in [-0.39, 0.29) is 10.6 Å². The van der Waals surface area contributed by atoms with Gasteiger partial charge in [0.2, 0.25) is 0 Å². The van der Waals surface area contributed by atoms with Crippen molar-refractivity contribution in [3.05, 3.63) is 69.3 Å². The average Bonchev–Trinajstić information content (AvgIpc) is 2.39. The maximum atomic E-state index is 10.9. The van der Waals surface area contributed by atoms with Gasteiger partial charge in [0.1, 0.15) is 0 Å². The molecule has 0 aliphatic carbocycles. The molecule has 4 heteroatoms. The molecule has 0 fully saturated rings. The van der Waals surface area contributed by atoms with Gasteiger partial charge in [-0.15, -0.1) is 0 Å². The van der Waals surface area contributed by atoms with Gasteiger partial charge in [0.15, 0.2) is 0 Å². The highest BCUT2D eigenvalue weighted by molar-refractivity contribution is 5.55. The number of nitrogens with one attached hydrogen (secondary N) is 1. The van der Waals surface area contributed by atoms with Gasteiger partial charge >= 0.3 is 0 Å². The van der Waals surface area contributed by atoms with E-state index in [0.717, 1.165) is 11.3 Å². The van der Waals surface area contributed by atoms with Gasteiger partial charge in [-0.3, -0.25) is 10.1 Å². The summed E-state index contributed by atoms with van der Waals surface area (Å²) >= 11 is 0. The molecule has 0 amide bonds. The van der Waals surface area contributed by atoms with Crippen LogP contribution in [-0.4, -0.2) is 4.92 Å². The molecule has 2 rings (SSSR count). The lowest BCUT2D eigenvalue weighted by Gasteiger charge is -2.07. The summed E-state index contributed by atoms with van der Waals surface area (Å²) in [5.41, 5.74) is 3.95. The Morgan fingerprint density at radius 1 is 1.11 bits per heavy atom. The van der Waals surface area contributed by atoms with Crippen molar-refractivity contribution >= 4 is 11.4 Å². The van der Waals surface area contributed by atoms with Gasteiger partial charge < -0.3 is 5.32 Å². The Morgan fingerprint density at radius 2 is 1.79 bits per heavy atom. The second-order valence-electron chi connectivity index (χ2n) is 4.60. The highest BCUT2D eigenvalue weighted by atomic mass is 16.6. The Hall–Kier alpha value is -2.36. The van der Waals surface area contributed by atoms with E-state index >= 15 is 0 Å². The molecule has 0 aliphatic rings. The second-order valence-corrected chi connectivity index (χ2v) is 4.60. The number of rotatable bonds is 4. The molecule has 98 valence electrons. The standard InChI is InChI=1S/C15H16N2O2/c1-11-3-6-13(7-4-11)10-16-14-8-5-12(2)15(9-14)17(18)19/h3-9,16H,10H2,1-2H3. The average molecular weight is 256 g/mol. The van der Waals surface area contributed by atoms with E-state index in [1.165, 1.54) is 5.56 Å². The second kappa shape index (κ2) is 5.52. The van der Waals surface area contributed by atoms with E-state index in [1.54, 1.807) is 19.1 Å². The third-order valence-electron chi connectivity index (χ3n) is 3.02. The number of aryl methyl sites for hydroxylation is 2. The molecule has 0 unspecified atom stereocenters. The lowest BCUT2D eigenvalue weighted by atomic mass is 10.1. The lowest BCUT2D eigenvalue weighted by molar-refractivity contribution is -0.385. The Balaban J connectivity index is 2.09. The van der Waals surface area contributed by atoms with E-state index in [2.05, 4.69) is 17.4 Å². The van der Waals surface area contributed by atoms with Crippen LogP contribution in [0.3, 0.4) is 0 Å². The summed E-state index contributed by atoms with van der Waals surface area (Å²) in [4.78, 5) is 10.5. The third kappa shape index (κ3) is 3.31. The quantitative estimate of drug-likeness (QED) is 0.668. The summed E-state index contributed by atoms with van der Waals surface area (Å²) in [5, 5.41) is 14.1. The number of anilines is 1. The summed E-state index contributed by atoms with van der Waals surface area (Å²) < 4.78 is 0. The van der Waals surface area contributed by atoms with E-state index in [9.17, 15) is 10.1 Å². The Bertz CT molecular complexity index is 592. The molecule has 4 nitrogen and oxygen atoms in total. The normalized spacial score (nSPS) is 10.2. The van der Waals surface area contributed by atoms with Crippen LogP contribution in [0, 0.1) is 24.0 Å². The van der Waals surface area contributed by atoms with Crippen molar-refractivity contribution in [3.63, 3.8) is 0 Å². The summed E-state index contributed by atoms with van der Waals surface area (Å²) in [5.74, 6) is 0. The zero-order valence-electron chi connectivity index (χ0n) is 11.0. The number of nitrogens with zero attached hydrogens (tertiary/aromatic N) is 1. The van der Waals surface area contributed by atoms with Crippen molar-refractivity contribution in [1.82, 2.24) is 0 Å². The molecule has 1 N–H and O–H groups in total. The van der Waals surface area contributed by atoms with Crippen LogP contribution in [0.25, 0.3) is 0 Å². The van der Waals surface area contributed by atoms with Crippen molar-refractivity contribution < 1.29 is 4.92 Å². The van der Waals surface area contributed by atoms with Crippen LogP contribution in [0.4, 0.5) is 11.4 Å². The molecule has 0 atom stereocenters. The molecule has 19 heavy (non-hydrogen) atoms. The molecule has 0 bridgehead atoms. The fraction of sp³-hybridized carbons (Fsp3) is 0.200. The number of hydrogen-bond donors (Lipinski definition) is 1. The van der Waals surface area contributed by atoms with Gasteiger partial charge in [-0.2, -0.15) is 0 Å². The van der Waals surface area contributed by atoms with Gasteiger partial charge in [0.05, 0.1) is 4.92 Å². The van der Waals surface area contributed by atoms with Crippen LogP contribution < -0.4 is 5.32 Å². The number of hydrogen-bond acceptors (Lipinski definition) is 3. The maximum absolute atomic E-state index is 10.9. The fourth-order valence-corrected chi connectivity index (χ4v) is 1.83. The first-order valence-electron chi connectivity index (χ1n) is 6.11. The molecule has 0 aliphatic heterocycles.